The van der Waals surface area contributed by atoms with Gasteiger partial charge in [0.25, 0.3) is 0 Å². The lowest BCUT2D eigenvalue weighted by Gasteiger charge is -2.58. The number of unbranched alkanes of at least 4 members (excludes halogenated alkanes) is 14. The van der Waals surface area contributed by atoms with Gasteiger partial charge < -0.3 is 9.47 Å². The van der Waals surface area contributed by atoms with Crippen molar-refractivity contribution >= 4 is 11.6 Å². The van der Waals surface area contributed by atoms with Gasteiger partial charge in [-0.05, 0) is 139 Å². The Morgan fingerprint density at radius 1 is 0.400 bits per heavy atom. The van der Waals surface area contributed by atoms with Gasteiger partial charge in [-0.1, -0.05) is 104 Å². The Kier molecular flexibility index (Phi) is 17.2. The summed E-state index contributed by atoms with van der Waals surface area (Å²) in [6.07, 6.45) is 40.3. The number of Topliss-reactive ketones (excluding diaryl/α,β-unsaturated/α-hetero) is 2. The molecule has 0 heterocycles. The van der Waals surface area contributed by atoms with Crippen molar-refractivity contribution in [3.63, 3.8) is 0 Å². The predicted molar refractivity (Wildman–Crippen MR) is 207 cm³/mol. The molecule has 50 heavy (non-hydrogen) atoms. The van der Waals surface area contributed by atoms with Crippen LogP contribution in [0.1, 0.15) is 219 Å². The summed E-state index contributed by atoms with van der Waals surface area (Å²) in [7, 11) is 0. The first kappa shape index (κ1) is 40.4. The first-order chi connectivity index (χ1) is 24.5. The maximum atomic E-state index is 14.0. The van der Waals surface area contributed by atoms with Gasteiger partial charge in [0.2, 0.25) is 0 Å². The first-order valence-corrected chi connectivity index (χ1v) is 22.9. The normalized spacial score (nSPS) is 34.8. The zero-order chi connectivity index (χ0) is 35.1. The zero-order valence-corrected chi connectivity index (χ0v) is 33.1. The Hall–Kier alpha value is -0.740. The quantitative estimate of drug-likeness (QED) is 0.0835. The van der Waals surface area contributed by atoms with E-state index >= 15 is 0 Å². The van der Waals surface area contributed by atoms with Gasteiger partial charge in [-0.25, -0.2) is 0 Å². The molecule has 0 atom stereocenters. The summed E-state index contributed by atoms with van der Waals surface area (Å²) in [4.78, 5) is 27.9. The Bertz CT molecular complexity index is 863. The van der Waals surface area contributed by atoms with Crippen molar-refractivity contribution in [1.29, 1.82) is 0 Å². The molecular weight excluding hydrogens is 617 g/mol. The van der Waals surface area contributed by atoms with E-state index in [4.69, 9.17) is 9.47 Å². The maximum Gasteiger partial charge on any atom is 0.159 e. The van der Waals surface area contributed by atoms with E-state index in [1.165, 1.54) is 154 Å². The van der Waals surface area contributed by atoms with Gasteiger partial charge in [0.1, 0.15) is 0 Å². The van der Waals surface area contributed by atoms with Crippen LogP contribution in [-0.4, -0.2) is 37.0 Å². The average Bonchev–Trinajstić information content (AvgIpc) is 3.17. The largest absolute Gasteiger partial charge is 0.378 e. The Balaban J connectivity index is 0.913. The monoisotopic (exact) mass is 697 g/mol. The lowest BCUT2D eigenvalue weighted by atomic mass is 9.41. The molecule has 5 fully saturated rings. The molecule has 4 heteroatoms. The molecule has 4 nitrogen and oxygen atoms in total. The van der Waals surface area contributed by atoms with Crippen molar-refractivity contribution in [1.82, 2.24) is 0 Å². The molecule has 288 valence electrons. The van der Waals surface area contributed by atoms with Gasteiger partial charge in [-0.2, -0.15) is 0 Å². The van der Waals surface area contributed by atoms with Crippen LogP contribution in [0.15, 0.2) is 0 Å². The Morgan fingerprint density at radius 3 is 1.00 bits per heavy atom. The SMILES string of the molecule is CCCCCCCCCCOC1CCC(C2CCC3(CC2)C(=O)C2(CCC(C4CCC(OCCCCCCCCCC)CC4)CC2)C3=O)CC1. The van der Waals surface area contributed by atoms with Crippen molar-refractivity contribution in [2.24, 2.45) is 34.5 Å². The second-order valence-electron chi connectivity index (χ2n) is 18.3. The van der Waals surface area contributed by atoms with E-state index in [1.54, 1.807) is 0 Å². The van der Waals surface area contributed by atoms with E-state index in [2.05, 4.69) is 13.8 Å². The number of ketones is 2. The molecule has 5 rings (SSSR count). The topological polar surface area (TPSA) is 52.6 Å². The fraction of sp³-hybridized carbons (Fsp3) is 0.957. The highest BCUT2D eigenvalue weighted by Crippen LogP contribution is 2.62. The molecule has 0 aromatic heterocycles. The van der Waals surface area contributed by atoms with Gasteiger partial charge in [0.15, 0.2) is 11.6 Å². The fourth-order valence-corrected chi connectivity index (χ4v) is 11.6. The van der Waals surface area contributed by atoms with Crippen LogP contribution in [0, 0.1) is 34.5 Å². The van der Waals surface area contributed by atoms with Crippen molar-refractivity contribution < 1.29 is 19.1 Å². The molecule has 5 saturated carbocycles. The van der Waals surface area contributed by atoms with Gasteiger partial charge in [0.05, 0.1) is 23.0 Å². The van der Waals surface area contributed by atoms with Crippen molar-refractivity contribution in [2.45, 2.75) is 232 Å². The summed E-state index contributed by atoms with van der Waals surface area (Å²) < 4.78 is 12.6. The van der Waals surface area contributed by atoms with Crippen LogP contribution in [0.5, 0.6) is 0 Å². The van der Waals surface area contributed by atoms with Gasteiger partial charge in [-0.3, -0.25) is 9.59 Å². The molecule has 0 N–H and O–H groups in total. The number of hydrogen-bond acceptors (Lipinski definition) is 4. The van der Waals surface area contributed by atoms with Crippen LogP contribution in [0.4, 0.5) is 0 Å². The van der Waals surface area contributed by atoms with Crippen LogP contribution in [0.3, 0.4) is 0 Å². The molecule has 0 bridgehead atoms. The van der Waals surface area contributed by atoms with E-state index in [9.17, 15) is 9.59 Å². The third-order valence-electron chi connectivity index (χ3n) is 15.0. The Labute approximate surface area is 309 Å². The third-order valence-corrected chi connectivity index (χ3v) is 15.0. The molecule has 0 unspecified atom stereocenters. The van der Waals surface area contributed by atoms with E-state index in [-0.39, 0.29) is 0 Å². The highest BCUT2D eigenvalue weighted by Gasteiger charge is 2.71. The highest BCUT2D eigenvalue weighted by molar-refractivity contribution is 6.30. The van der Waals surface area contributed by atoms with Gasteiger partial charge in [0, 0.05) is 13.2 Å². The van der Waals surface area contributed by atoms with Gasteiger partial charge >= 0.3 is 0 Å². The van der Waals surface area contributed by atoms with E-state index in [0.29, 0.717) is 35.6 Å². The molecule has 0 aromatic rings. The van der Waals surface area contributed by atoms with Gasteiger partial charge in [-0.15, -0.1) is 0 Å². The highest BCUT2D eigenvalue weighted by atomic mass is 16.5. The smallest absolute Gasteiger partial charge is 0.159 e. The van der Waals surface area contributed by atoms with E-state index in [1.807, 2.05) is 0 Å². The van der Waals surface area contributed by atoms with Crippen LogP contribution < -0.4 is 0 Å². The molecule has 0 saturated heterocycles. The van der Waals surface area contributed by atoms with E-state index < -0.39 is 10.8 Å². The van der Waals surface area contributed by atoms with Crippen LogP contribution in [0.2, 0.25) is 0 Å². The zero-order valence-electron chi connectivity index (χ0n) is 33.1. The van der Waals surface area contributed by atoms with Crippen molar-refractivity contribution in [3.8, 4) is 0 Å². The van der Waals surface area contributed by atoms with Crippen molar-refractivity contribution in [3.05, 3.63) is 0 Å². The molecule has 0 radical (unpaired) electrons. The standard InChI is InChI=1S/C46H80O4/c1-3-5-7-9-11-13-15-17-35-49-41-23-19-37(20-24-41)39-27-31-45(32-28-39)43(47)46(44(45)48)33-29-40(30-34-46)38-21-25-42(26-22-38)50-36-18-16-14-12-10-8-6-4-2/h37-42H,3-36H2,1-2H3. The van der Waals surface area contributed by atoms with Crippen molar-refractivity contribution in [2.75, 3.05) is 13.2 Å². The fourth-order valence-electron chi connectivity index (χ4n) is 11.6. The second-order valence-corrected chi connectivity index (χ2v) is 18.3. The summed E-state index contributed by atoms with van der Waals surface area (Å²) in [6.45, 7) is 6.46. The first-order valence-electron chi connectivity index (χ1n) is 22.9. The molecule has 5 aliphatic carbocycles. The summed E-state index contributed by atoms with van der Waals surface area (Å²) in [5.41, 5.74) is -1.19. The minimum absolute atomic E-state index is 0.378. The molecule has 2 spiro atoms. The molecule has 5 aliphatic rings. The minimum atomic E-state index is -0.593. The second kappa shape index (κ2) is 21.2. The molecule has 0 aromatic carbocycles. The maximum absolute atomic E-state index is 14.0. The summed E-state index contributed by atoms with van der Waals surface area (Å²) in [6, 6.07) is 0. The third kappa shape index (κ3) is 10.7. The Morgan fingerprint density at radius 2 is 0.680 bits per heavy atom. The minimum Gasteiger partial charge on any atom is -0.378 e. The lowest BCUT2D eigenvalue weighted by Crippen LogP contribution is -2.68. The van der Waals surface area contributed by atoms with Crippen LogP contribution in [0.25, 0.3) is 0 Å². The molecular formula is C46H80O4. The summed E-state index contributed by atoms with van der Waals surface area (Å²) in [5, 5.41) is 0. The molecule has 0 aliphatic heterocycles. The van der Waals surface area contributed by atoms with Crippen LogP contribution in [-0.2, 0) is 19.1 Å². The number of carbonyl (C=O) groups excluding carboxylic acids is 2. The summed E-state index contributed by atoms with van der Waals surface area (Å²) >= 11 is 0. The number of ether oxygens (including phenoxy) is 2. The summed E-state index contributed by atoms with van der Waals surface area (Å²) in [5.74, 6) is 3.72. The average molecular weight is 697 g/mol. The number of rotatable bonds is 22. The van der Waals surface area contributed by atoms with E-state index in [0.717, 1.165) is 76.4 Å². The van der Waals surface area contributed by atoms with Crippen LogP contribution >= 0.6 is 0 Å². The number of hydrogen-bond donors (Lipinski definition) is 0. The lowest BCUT2D eigenvalue weighted by molar-refractivity contribution is -0.179. The predicted octanol–water partition coefficient (Wildman–Crippen LogP) is 12.9. The number of carbonyl (C=O) groups is 2. The molecule has 0 amide bonds.